The molecule has 5 fully saturated rings. The molecule has 4 bridgehead atoms. The van der Waals surface area contributed by atoms with Gasteiger partial charge in [0.05, 0.1) is 23.4 Å². The minimum atomic E-state index is -4.61. The molecule has 1 amide bonds. The van der Waals surface area contributed by atoms with Gasteiger partial charge in [0.25, 0.3) is 5.91 Å². The van der Waals surface area contributed by atoms with E-state index in [1.807, 2.05) is 0 Å². The second kappa shape index (κ2) is 5.24. The van der Waals surface area contributed by atoms with E-state index in [1.165, 1.54) is 0 Å². The highest BCUT2D eigenvalue weighted by Gasteiger charge is 2.55. The molecule has 1 aromatic rings. The number of nitrogens with zero attached hydrogens (tertiary/aromatic N) is 2. The van der Waals surface area contributed by atoms with Crippen LogP contribution in [0.2, 0.25) is 0 Å². The first-order chi connectivity index (χ1) is 12.2. The molecule has 1 heterocycles. The third kappa shape index (κ3) is 2.56. The monoisotopic (exact) mass is 369 g/mol. The Hall–Kier alpha value is -1.57. The third-order valence-corrected chi connectivity index (χ3v) is 6.74. The van der Waals surface area contributed by atoms with Gasteiger partial charge in [-0.2, -0.15) is 18.3 Å². The summed E-state index contributed by atoms with van der Waals surface area (Å²) in [6.45, 7) is 0. The van der Waals surface area contributed by atoms with Crippen LogP contribution in [0.3, 0.4) is 0 Å². The van der Waals surface area contributed by atoms with E-state index in [1.54, 1.807) is 0 Å². The summed E-state index contributed by atoms with van der Waals surface area (Å²) in [4.78, 5) is 12.7. The zero-order valence-corrected chi connectivity index (χ0v) is 14.3. The SMILES string of the molecule is O=C(NC1C2CC3CC1CC(O)(C3)C2)c1cnn(C2CC2)c1C(F)(F)F. The molecule has 5 aliphatic rings. The maximum absolute atomic E-state index is 13.5. The van der Waals surface area contributed by atoms with Crippen LogP contribution in [-0.2, 0) is 6.18 Å². The van der Waals surface area contributed by atoms with Gasteiger partial charge < -0.3 is 10.4 Å². The van der Waals surface area contributed by atoms with Gasteiger partial charge in [0.15, 0.2) is 5.69 Å². The van der Waals surface area contributed by atoms with E-state index in [4.69, 9.17) is 0 Å². The highest BCUT2D eigenvalue weighted by Crippen LogP contribution is 2.55. The molecule has 5 saturated carbocycles. The van der Waals surface area contributed by atoms with E-state index in [0.717, 1.165) is 30.1 Å². The molecule has 0 saturated heterocycles. The van der Waals surface area contributed by atoms with E-state index in [0.29, 0.717) is 31.6 Å². The Balaban J connectivity index is 1.40. The number of carbonyl (C=O) groups excluding carboxylic acids is 1. The van der Waals surface area contributed by atoms with Gasteiger partial charge in [0, 0.05) is 6.04 Å². The smallest absolute Gasteiger partial charge is 0.390 e. The molecular weight excluding hydrogens is 347 g/mol. The second-order valence-corrected chi connectivity index (χ2v) is 8.77. The van der Waals surface area contributed by atoms with Gasteiger partial charge in [-0.15, -0.1) is 0 Å². The van der Waals surface area contributed by atoms with Crippen LogP contribution in [-0.4, -0.2) is 32.4 Å². The first-order valence-electron chi connectivity index (χ1n) is 9.41. The summed E-state index contributed by atoms with van der Waals surface area (Å²) in [5.74, 6) is 0.105. The van der Waals surface area contributed by atoms with Gasteiger partial charge in [-0.1, -0.05) is 0 Å². The van der Waals surface area contributed by atoms with E-state index in [2.05, 4.69) is 10.4 Å². The number of aromatic nitrogens is 2. The fourth-order valence-electron chi connectivity index (χ4n) is 5.85. The third-order valence-electron chi connectivity index (χ3n) is 6.74. The van der Waals surface area contributed by atoms with Crippen LogP contribution < -0.4 is 5.32 Å². The molecule has 2 N–H and O–H groups in total. The molecule has 6 rings (SSSR count). The molecule has 142 valence electrons. The zero-order valence-electron chi connectivity index (χ0n) is 14.3. The minimum absolute atomic E-state index is 0.148. The van der Waals surface area contributed by atoms with Crippen LogP contribution in [0.5, 0.6) is 0 Å². The first kappa shape index (κ1) is 16.6. The summed E-state index contributed by atoms with van der Waals surface area (Å²) in [5.41, 5.74) is -1.94. The average Bonchev–Trinajstić information content (AvgIpc) is 3.25. The number of aliphatic hydroxyl groups is 1. The van der Waals surface area contributed by atoms with Crippen LogP contribution in [0, 0.1) is 17.8 Å². The highest BCUT2D eigenvalue weighted by atomic mass is 19.4. The minimum Gasteiger partial charge on any atom is -0.390 e. The molecule has 0 aromatic carbocycles. The van der Waals surface area contributed by atoms with Crippen molar-refractivity contribution in [3.63, 3.8) is 0 Å². The lowest BCUT2D eigenvalue weighted by Crippen LogP contribution is -2.61. The van der Waals surface area contributed by atoms with Crippen LogP contribution in [0.15, 0.2) is 6.20 Å². The number of hydrogen-bond acceptors (Lipinski definition) is 3. The summed E-state index contributed by atoms with van der Waals surface area (Å²) < 4.78 is 41.6. The van der Waals surface area contributed by atoms with Gasteiger partial charge in [0.1, 0.15) is 0 Å². The van der Waals surface area contributed by atoms with Crippen molar-refractivity contribution in [3.05, 3.63) is 17.5 Å². The number of carbonyl (C=O) groups is 1. The van der Waals surface area contributed by atoms with Crippen LogP contribution >= 0.6 is 0 Å². The molecule has 5 nitrogen and oxygen atoms in total. The van der Waals surface area contributed by atoms with Gasteiger partial charge >= 0.3 is 6.18 Å². The number of halogens is 3. The molecule has 2 atom stereocenters. The van der Waals surface area contributed by atoms with Crippen molar-refractivity contribution < 1.29 is 23.1 Å². The summed E-state index contributed by atoms with van der Waals surface area (Å²) in [5, 5.41) is 17.4. The Kier molecular flexibility index (Phi) is 3.34. The maximum atomic E-state index is 13.5. The lowest BCUT2D eigenvalue weighted by Gasteiger charge is -2.58. The van der Waals surface area contributed by atoms with E-state index < -0.39 is 23.4 Å². The lowest BCUT2D eigenvalue weighted by atomic mass is 9.52. The standard InChI is InChI=1S/C18H22F3N3O2/c19-18(20,21)15-13(8-22-24(15)12-1-2-12)16(25)23-14-10-3-9-4-11(14)7-17(26,5-9)6-10/h8-12,14,26H,1-7H2,(H,23,25). The number of amides is 1. The molecule has 0 spiro atoms. The fraction of sp³-hybridized carbons (Fsp3) is 0.778. The quantitative estimate of drug-likeness (QED) is 0.861. The van der Waals surface area contributed by atoms with Gasteiger partial charge in [0.2, 0.25) is 0 Å². The molecule has 8 heteroatoms. The van der Waals surface area contributed by atoms with Crippen molar-refractivity contribution in [1.29, 1.82) is 0 Å². The first-order valence-corrected chi connectivity index (χ1v) is 9.41. The molecule has 0 radical (unpaired) electrons. The molecule has 5 aliphatic carbocycles. The topological polar surface area (TPSA) is 67.2 Å². The Morgan fingerprint density at radius 3 is 2.42 bits per heavy atom. The van der Waals surface area contributed by atoms with Crippen molar-refractivity contribution >= 4 is 5.91 Å². The number of alkyl halides is 3. The van der Waals surface area contributed by atoms with E-state index in [-0.39, 0.29) is 29.5 Å². The predicted octanol–water partition coefficient (Wildman–Crippen LogP) is 2.91. The molecule has 26 heavy (non-hydrogen) atoms. The normalized spacial score (nSPS) is 38.6. The Labute approximate surface area is 148 Å². The Morgan fingerprint density at radius 2 is 1.88 bits per heavy atom. The van der Waals surface area contributed by atoms with Gasteiger partial charge in [-0.25, -0.2) is 0 Å². The largest absolute Gasteiger partial charge is 0.433 e. The molecular formula is C18H22F3N3O2. The summed E-state index contributed by atoms with van der Waals surface area (Å²) in [6.07, 6.45) is 1.76. The number of nitrogens with one attached hydrogen (secondary N) is 1. The number of rotatable bonds is 3. The Bertz CT molecular complexity index is 739. The summed E-state index contributed by atoms with van der Waals surface area (Å²) >= 11 is 0. The van der Waals surface area contributed by atoms with Crippen LogP contribution in [0.4, 0.5) is 13.2 Å². The maximum Gasteiger partial charge on any atom is 0.433 e. The molecule has 0 aliphatic heterocycles. The summed E-state index contributed by atoms with van der Waals surface area (Å²) in [7, 11) is 0. The van der Waals surface area contributed by atoms with Gasteiger partial charge in [-0.3, -0.25) is 9.48 Å². The van der Waals surface area contributed by atoms with Crippen molar-refractivity contribution in [2.24, 2.45) is 17.8 Å². The zero-order chi connectivity index (χ0) is 18.3. The predicted molar refractivity (Wildman–Crippen MR) is 85.3 cm³/mol. The second-order valence-electron chi connectivity index (χ2n) is 8.77. The van der Waals surface area contributed by atoms with Crippen molar-refractivity contribution in [2.75, 3.05) is 0 Å². The molecule has 1 aromatic heterocycles. The fourth-order valence-corrected chi connectivity index (χ4v) is 5.85. The molecule has 2 unspecified atom stereocenters. The highest BCUT2D eigenvalue weighted by molar-refractivity contribution is 5.95. The average molecular weight is 369 g/mol. The lowest BCUT2D eigenvalue weighted by molar-refractivity contribution is -0.144. The van der Waals surface area contributed by atoms with Crippen molar-refractivity contribution in [3.8, 4) is 0 Å². The van der Waals surface area contributed by atoms with Crippen LogP contribution in [0.25, 0.3) is 0 Å². The van der Waals surface area contributed by atoms with E-state index in [9.17, 15) is 23.1 Å². The van der Waals surface area contributed by atoms with Crippen LogP contribution in [0.1, 0.15) is 67.0 Å². The number of hydrogen-bond donors (Lipinski definition) is 2. The Morgan fingerprint density at radius 1 is 1.23 bits per heavy atom. The van der Waals surface area contributed by atoms with Crippen molar-refractivity contribution in [2.45, 2.75) is 68.8 Å². The summed E-state index contributed by atoms with van der Waals surface area (Å²) in [6, 6.07) is -0.395. The van der Waals surface area contributed by atoms with Gasteiger partial charge in [-0.05, 0) is 62.7 Å². The van der Waals surface area contributed by atoms with Crippen molar-refractivity contribution in [1.82, 2.24) is 15.1 Å². The van der Waals surface area contributed by atoms with E-state index >= 15 is 0 Å².